The van der Waals surface area contributed by atoms with Gasteiger partial charge in [0.1, 0.15) is 7.23 Å². The molecule has 2 aliphatic rings. The molecule has 0 aromatic carbocycles. The second-order valence-corrected chi connectivity index (χ2v) is 5.21. The molecular formula is C13H16F3N3. The predicted molar refractivity (Wildman–Crippen MR) is 66.2 cm³/mol. The molecule has 1 aromatic rings. The van der Waals surface area contributed by atoms with Crippen LogP contribution in [0.3, 0.4) is 0 Å². The van der Waals surface area contributed by atoms with E-state index in [9.17, 15) is 13.2 Å². The zero-order valence-electron chi connectivity index (χ0n) is 11.4. The molecule has 3 nitrogen and oxygen atoms in total. The van der Waals surface area contributed by atoms with Crippen molar-refractivity contribution in [2.75, 3.05) is 31.1 Å². The molecule has 0 saturated carbocycles. The maximum Gasteiger partial charge on any atom is 0.393 e. The molecule has 2 aliphatic heterocycles. The molecule has 2 saturated heterocycles. The summed E-state index contributed by atoms with van der Waals surface area (Å²) in [5.74, 6) is -0.300. The van der Waals surface area contributed by atoms with Crippen molar-refractivity contribution < 1.29 is 14.6 Å². The van der Waals surface area contributed by atoms with E-state index in [4.69, 9.17) is 1.41 Å². The SMILES string of the molecule is [2H]N1CC(c2ccc(N3CC[C@@H](C(F)(F)F)C3)nc2)C1. The fourth-order valence-electron chi connectivity index (χ4n) is 2.53. The molecule has 104 valence electrons. The summed E-state index contributed by atoms with van der Waals surface area (Å²) in [5.41, 5.74) is 1.06. The van der Waals surface area contributed by atoms with Crippen molar-refractivity contribution >= 4 is 5.82 Å². The van der Waals surface area contributed by atoms with Crippen molar-refractivity contribution in [1.82, 2.24) is 10.3 Å². The third kappa shape index (κ3) is 2.54. The summed E-state index contributed by atoms with van der Waals surface area (Å²) in [6, 6.07) is 3.71. The molecule has 1 aromatic heterocycles. The van der Waals surface area contributed by atoms with Crippen molar-refractivity contribution in [3.05, 3.63) is 23.9 Å². The van der Waals surface area contributed by atoms with Gasteiger partial charge in [-0.15, -0.1) is 0 Å². The molecule has 2 fully saturated rings. The lowest BCUT2D eigenvalue weighted by molar-refractivity contribution is -0.168. The van der Waals surface area contributed by atoms with Crippen LogP contribution in [0.15, 0.2) is 18.3 Å². The Morgan fingerprint density at radius 3 is 2.68 bits per heavy atom. The average Bonchev–Trinajstić information content (AvgIpc) is 2.85. The maximum absolute atomic E-state index is 12.6. The Morgan fingerprint density at radius 2 is 2.16 bits per heavy atom. The summed E-state index contributed by atoms with van der Waals surface area (Å²) in [5, 5.41) is 1.48. The summed E-state index contributed by atoms with van der Waals surface area (Å²) in [6.07, 6.45) is -2.24. The minimum Gasteiger partial charge on any atom is -0.356 e. The first kappa shape index (κ1) is 11.5. The number of rotatable bonds is 2. The highest BCUT2D eigenvalue weighted by Gasteiger charge is 2.43. The maximum atomic E-state index is 12.6. The predicted octanol–water partition coefficient (Wildman–Crippen LogP) is 2.16. The Balaban J connectivity index is 1.64. The Hall–Kier alpha value is -1.30. The Kier molecular flexibility index (Phi) is 2.83. The molecule has 0 radical (unpaired) electrons. The minimum atomic E-state index is -4.11. The molecule has 1 atom stereocenters. The van der Waals surface area contributed by atoms with E-state index in [1.165, 1.54) is 5.31 Å². The molecule has 3 rings (SSSR count). The number of pyridine rings is 1. The second-order valence-electron chi connectivity index (χ2n) is 5.21. The molecule has 3 heterocycles. The molecular weight excluding hydrogens is 255 g/mol. The van der Waals surface area contributed by atoms with Crippen LogP contribution in [0.1, 0.15) is 17.9 Å². The van der Waals surface area contributed by atoms with Crippen LogP contribution >= 0.6 is 0 Å². The first-order valence-electron chi connectivity index (χ1n) is 6.89. The quantitative estimate of drug-likeness (QED) is 0.894. The number of aromatic nitrogens is 1. The van der Waals surface area contributed by atoms with Gasteiger partial charge in [-0.3, -0.25) is 0 Å². The van der Waals surface area contributed by atoms with Crippen molar-refractivity contribution in [2.24, 2.45) is 5.92 Å². The van der Waals surface area contributed by atoms with Crippen LogP contribution in [0.2, 0.25) is 1.41 Å². The molecule has 1 N–H and O–H groups in total. The molecule has 0 amide bonds. The lowest BCUT2D eigenvalue weighted by Gasteiger charge is -2.27. The van der Waals surface area contributed by atoms with Crippen LogP contribution in [-0.4, -0.2) is 37.3 Å². The van der Waals surface area contributed by atoms with E-state index in [0.717, 1.165) is 5.56 Å². The van der Waals surface area contributed by atoms with Crippen LogP contribution < -0.4 is 10.2 Å². The van der Waals surface area contributed by atoms with E-state index >= 15 is 0 Å². The van der Waals surface area contributed by atoms with Gasteiger partial charge in [0.2, 0.25) is 0 Å². The van der Waals surface area contributed by atoms with Crippen molar-refractivity contribution in [3.8, 4) is 0 Å². The van der Waals surface area contributed by atoms with Crippen molar-refractivity contribution in [2.45, 2.75) is 18.5 Å². The number of nitrogens with one attached hydrogen (secondary N) is 1. The van der Waals surface area contributed by atoms with Crippen molar-refractivity contribution in [3.63, 3.8) is 0 Å². The Morgan fingerprint density at radius 1 is 1.37 bits per heavy atom. The largest absolute Gasteiger partial charge is 0.393 e. The fraction of sp³-hybridized carbons (Fsp3) is 0.615. The molecule has 0 spiro atoms. The topological polar surface area (TPSA) is 28.2 Å². The molecule has 6 heteroatoms. The van der Waals surface area contributed by atoms with E-state index in [1.54, 1.807) is 17.2 Å². The van der Waals surface area contributed by atoms with Gasteiger partial charge in [0.25, 0.3) is 0 Å². The highest BCUT2D eigenvalue weighted by atomic mass is 19.4. The number of alkyl halides is 3. The zero-order chi connectivity index (χ0) is 14.3. The molecule has 0 bridgehead atoms. The summed E-state index contributed by atoms with van der Waals surface area (Å²) in [4.78, 5) is 5.98. The third-order valence-corrected chi connectivity index (χ3v) is 3.92. The van der Waals surface area contributed by atoms with Crippen LogP contribution in [0.4, 0.5) is 19.0 Å². The molecule has 19 heavy (non-hydrogen) atoms. The van der Waals surface area contributed by atoms with E-state index in [-0.39, 0.29) is 13.0 Å². The zero-order valence-corrected chi connectivity index (χ0v) is 10.4. The van der Waals surface area contributed by atoms with E-state index in [0.29, 0.717) is 31.4 Å². The number of nitrogens with zero attached hydrogens (tertiary/aromatic N) is 2. The van der Waals surface area contributed by atoms with E-state index in [2.05, 4.69) is 4.98 Å². The monoisotopic (exact) mass is 272 g/mol. The second kappa shape index (κ2) is 4.67. The summed E-state index contributed by atoms with van der Waals surface area (Å²) >= 11 is 0. The van der Waals surface area contributed by atoms with Crippen molar-refractivity contribution in [1.29, 1.82) is 0 Å². The minimum absolute atomic E-state index is 0.000225. The van der Waals surface area contributed by atoms with Gasteiger partial charge in [0.15, 0.2) is 0 Å². The first-order valence-corrected chi connectivity index (χ1v) is 6.45. The van der Waals surface area contributed by atoms with Gasteiger partial charge >= 0.3 is 6.18 Å². The van der Waals surface area contributed by atoms with Gasteiger partial charge in [-0.1, -0.05) is 6.07 Å². The standard InChI is InChI=1S/C13H16F3N3/c14-13(15,16)11-3-4-19(8-11)12-2-1-9(7-18-12)10-5-17-6-10/h1-2,7,10-11,17H,3-6,8H2/t11-/m1/s1/i/hD. The highest BCUT2D eigenvalue weighted by Crippen LogP contribution is 2.35. The number of hydrogen-bond donors (Lipinski definition) is 1. The smallest absolute Gasteiger partial charge is 0.356 e. The van der Waals surface area contributed by atoms with Crippen LogP contribution in [0, 0.1) is 5.92 Å². The molecule has 0 aliphatic carbocycles. The number of anilines is 1. The Labute approximate surface area is 111 Å². The van der Waals surface area contributed by atoms with Gasteiger partial charge in [0.05, 0.1) is 5.92 Å². The van der Waals surface area contributed by atoms with E-state index in [1.807, 2.05) is 6.07 Å². The van der Waals surface area contributed by atoms with Crippen LogP contribution in [-0.2, 0) is 0 Å². The average molecular weight is 272 g/mol. The summed E-state index contributed by atoms with van der Waals surface area (Å²) in [7, 11) is 0. The normalized spacial score (nSPS) is 26.4. The lowest BCUT2D eigenvalue weighted by Crippen LogP contribution is -2.39. The summed E-state index contributed by atoms with van der Waals surface area (Å²) < 4.78 is 45.3. The van der Waals surface area contributed by atoms with Crippen LogP contribution in [0.5, 0.6) is 0 Å². The van der Waals surface area contributed by atoms with Gasteiger partial charge in [-0.05, 0) is 18.1 Å². The van der Waals surface area contributed by atoms with E-state index < -0.39 is 12.1 Å². The first-order chi connectivity index (χ1) is 9.43. The van der Waals surface area contributed by atoms with Gasteiger partial charge in [0, 0.05) is 38.3 Å². The number of halogens is 3. The van der Waals surface area contributed by atoms with Crippen LogP contribution in [0.25, 0.3) is 0 Å². The molecule has 0 unspecified atom stereocenters. The van der Waals surface area contributed by atoms with Gasteiger partial charge < -0.3 is 10.2 Å². The van der Waals surface area contributed by atoms with Gasteiger partial charge in [-0.2, -0.15) is 13.2 Å². The lowest BCUT2D eigenvalue weighted by atomic mass is 9.95. The highest BCUT2D eigenvalue weighted by molar-refractivity contribution is 5.41. The number of hydrogen-bond acceptors (Lipinski definition) is 3. The van der Waals surface area contributed by atoms with Gasteiger partial charge in [-0.25, -0.2) is 4.98 Å². The summed E-state index contributed by atoms with van der Waals surface area (Å²) in [6.45, 7) is 1.79. The fourth-order valence-corrected chi connectivity index (χ4v) is 2.53. The Bertz CT molecular complexity index is 471. The third-order valence-electron chi connectivity index (χ3n) is 3.92.